The zero-order chi connectivity index (χ0) is 22.5. The van der Waals surface area contributed by atoms with E-state index < -0.39 is 0 Å². The minimum atomic E-state index is -0.167. The van der Waals surface area contributed by atoms with Gasteiger partial charge < -0.3 is 15.0 Å². The molecule has 4 rings (SSSR count). The van der Waals surface area contributed by atoms with Gasteiger partial charge in [-0.2, -0.15) is 9.61 Å². The number of amides is 1. The van der Waals surface area contributed by atoms with Crippen LogP contribution < -0.4 is 15.0 Å². The first-order chi connectivity index (χ1) is 15.6. The van der Waals surface area contributed by atoms with Gasteiger partial charge in [0.05, 0.1) is 19.3 Å². The second-order valence-corrected chi connectivity index (χ2v) is 7.24. The summed E-state index contributed by atoms with van der Waals surface area (Å²) < 4.78 is 6.87. The average Bonchev–Trinajstić information content (AvgIpc) is 3.26. The summed E-state index contributed by atoms with van der Waals surface area (Å²) in [6, 6.07) is 19.0. The Morgan fingerprint density at radius 3 is 2.34 bits per heavy atom. The minimum Gasteiger partial charge on any atom is -0.497 e. The van der Waals surface area contributed by atoms with Crippen LogP contribution in [0.2, 0.25) is 0 Å². The van der Waals surface area contributed by atoms with Crippen LogP contribution in [-0.4, -0.2) is 45.9 Å². The topological polar surface area (TPSA) is 84.7 Å². The number of carbonyl (C=O) groups excluding carboxylic acids is 1. The van der Waals surface area contributed by atoms with Gasteiger partial charge in [0, 0.05) is 29.9 Å². The van der Waals surface area contributed by atoms with Gasteiger partial charge in [0.2, 0.25) is 0 Å². The molecule has 4 aromatic rings. The number of fused-ring (bicyclic) bond motifs is 1. The number of nitrogens with zero attached hydrogens (tertiary/aromatic N) is 5. The Morgan fingerprint density at radius 2 is 1.69 bits per heavy atom. The molecular weight excluding hydrogens is 404 g/mol. The molecule has 1 N–H and O–H groups in total. The summed E-state index contributed by atoms with van der Waals surface area (Å²) >= 11 is 0. The van der Waals surface area contributed by atoms with Crippen molar-refractivity contribution in [2.24, 2.45) is 0 Å². The lowest BCUT2D eigenvalue weighted by Crippen LogP contribution is -2.25. The molecule has 2 heterocycles. The fourth-order valence-corrected chi connectivity index (χ4v) is 3.53. The van der Waals surface area contributed by atoms with E-state index in [1.807, 2.05) is 60.7 Å². The minimum absolute atomic E-state index is 0.167. The molecule has 0 unspecified atom stereocenters. The molecule has 0 bridgehead atoms. The number of rotatable bonds is 8. The van der Waals surface area contributed by atoms with Gasteiger partial charge in [0.15, 0.2) is 11.5 Å². The quantitative estimate of drug-likeness (QED) is 0.460. The Balaban J connectivity index is 1.48. The fourth-order valence-electron chi connectivity index (χ4n) is 3.53. The smallest absolute Gasteiger partial charge is 0.251 e. The van der Waals surface area contributed by atoms with Crippen LogP contribution in [0.4, 0.5) is 5.69 Å². The van der Waals surface area contributed by atoms with Gasteiger partial charge in [0.25, 0.3) is 5.91 Å². The predicted molar refractivity (Wildman–Crippen MR) is 124 cm³/mol. The lowest BCUT2D eigenvalue weighted by molar-refractivity contribution is 0.0949. The van der Waals surface area contributed by atoms with E-state index in [1.54, 1.807) is 11.6 Å². The number of ether oxygens (including phenoxy) is 1. The van der Waals surface area contributed by atoms with Gasteiger partial charge in [-0.1, -0.05) is 0 Å². The Kier molecular flexibility index (Phi) is 6.30. The number of hydrogen-bond donors (Lipinski definition) is 1. The molecule has 0 saturated heterocycles. The Morgan fingerprint density at radius 1 is 0.969 bits per heavy atom. The van der Waals surface area contributed by atoms with Gasteiger partial charge >= 0.3 is 0 Å². The first-order valence-electron chi connectivity index (χ1n) is 10.6. The van der Waals surface area contributed by atoms with Gasteiger partial charge in [-0.25, -0.2) is 0 Å². The highest BCUT2D eigenvalue weighted by atomic mass is 16.5. The Bertz CT molecular complexity index is 1200. The molecule has 1 amide bonds. The molecule has 164 valence electrons. The van der Waals surface area contributed by atoms with Crippen LogP contribution in [0.15, 0.2) is 60.7 Å². The van der Waals surface area contributed by atoms with Crippen molar-refractivity contribution in [2.45, 2.75) is 20.4 Å². The van der Waals surface area contributed by atoms with Crippen LogP contribution >= 0.6 is 0 Å². The van der Waals surface area contributed by atoms with E-state index in [4.69, 9.17) is 4.74 Å². The van der Waals surface area contributed by atoms with Crippen molar-refractivity contribution in [3.8, 4) is 17.0 Å². The van der Waals surface area contributed by atoms with Gasteiger partial charge in [0.1, 0.15) is 5.75 Å². The summed E-state index contributed by atoms with van der Waals surface area (Å²) in [5.74, 6) is 1.18. The summed E-state index contributed by atoms with van der Waals surface area (Å²) in [6.45, 7) is 6.29. The fraction of sp³-hybridized carbons (Fsp3) is 0.250. The summed E-state index contributed by atoms with van der Waals surface area (Å²) in [5, 5.41) is 15.9. The van der Waals surface area contributed by atoms with Gasteiger partial charge in [-0.3, -0.25) is 4.79 Å². The van der Waals surface area contributed by atoms with Crippen molar-refractivity contribution in [1.29, 1.82) is 0 Å². The number of anilines is 1. The highest BCUT2D eigenvalue weighted by Gasteiger charge is 2.12. The molecule has 0 fully saturated rings. The maximum Gasteiger partial charge on any atom is 0.251 e. The van der Waals surface area contributed by atoms with E-state index in [0.717, 1.165) is 35.8 Å². The van der Waals surface area contributed by atoms with Crippen LogP contribution in [0, 0.1) is 0 Å². The molecule has 2 aromatic heterocycles. The van der Waals surface area contributed by atoms with Crippen molar-refractivity contribution in [2.75, 3.05) is 25.1 Å². The largest absolute Gasteiger partial charge is 0.497 e. The SMILES string of the molecule is CCN(CC)c1ccc(C(=O)NCc2nnc3ccc(-c4ccc(OC)cc4)nn23)cc1. The molecule has 8 nitrogen and oxygen atoms in total. The monoisotopic (exact) mass is 430 g/mol. The van der Waals surface area contributed by atoms with Crippen molar-refractivity contribution in [1.82, 2.24) is 25.1 Å². The van der Waals surface area contributed by atoms with Gasteiger partial charge in [-0.15, -0.1) is 10.2 Å². The van der Waals surface area contributed by atoms with E-state index in [-0.39, 0.29) is 12.5 Å². The molecule has 0 aliphatic carbocycles. The molecule has 0 spiro atoms. The third-order valence-corrected chi connectivity index (χ3v) is 5.38. The lowest BCUT2D eigenvalue weighted by Gasteiger charge is -2.21. The van der Waals surface area contributed by atoms with Crippen molar-refractivity contribution in [3.63, 3.8) is 0 Å². The zero-order valence-corrected chi connectivity index (χ0v) is 18.4. The number of hydrogen-bond acceptors (Lipinski definition) is 6. The van der Waals surface area contributed by atoms with Crippen molar-refractivity contribution < 1.29 is 9.53 Å². The van der Waals surface area contributed by atoms with E-state index in [9.17, 15) is 4.79 Å². The number of benzene rings is 2. The molecule has 8 heteroatoms. The molecular formula is C24H26N6O2. The van der Waals surface area contributed by atoms with Crippen LogP contribution in [0.3, 0.4) is 0 Å². The molecule has 0 saturated carbocycles. The molecule has 0 radical (unpaired) electrons. The highest BCUT2D eigenvalue weighted by Crippen LogP contribution is 2.21. The van der Waals surface area contributed by atoms with Crippen LogP contribution in [0.1, 0.15) is 30.0 Å². The number of nitrogens with one attached hydrogen (secondary N) is 1. The second-order valence-electron chi connectivity index (χ2n) is 7.24. The Hall–Kier alpha value is -3.94. The predicted octanol–water partition coefficient (Wildman–Crippen LogP) is 3.58. The zero-order valence-electron chi connectivity index (χ0n) is 18.4. The molecule has 0 aliphatic heterocycles. The first-order valence-corrected chi connectivity index (χ1v) is 10.6. The van der Waals surface area contributed by atoms with Crippen molar-refractivity contribution >= 4 is 17.2 Å². The first kappa shape index (κ1) is 21.3. The Labute approximate surface area is 186 Å². The van der Waals surface area contributed by atoms with Gasteiger partial charge in [-0.05, 0) is 74.5 Å². The third-order valence-electron chi connectivity index (χ3n) is 5.38. The molecule has 32 heavy (non-hydrogen) atoms. The maximum absolute atomic E-state index is 12.6. The highest BCUT2D eigenvalue weighted by molar-refractivity contribution is 5.94. The molecule has 0 aliphatic rings. The maximum atomic E-state index is 12.6. The van der Waals surface area contributed by atoms with Crippen LogP contribution in [0.5, 0.6) is 5.75 Å². The van der Waals surface area contributed by atoms with Crippen LogP contribution in [-0.2, 0) is 6.54 Å². The number of carbonyl (C=O) groups is 1. The summed E-state index contributed by atoms with van der Waals surface area (Å²) in [6.07, 6.45) is 0. The second kappa shape index (κ2) is 9.47. The summed E-state index contributed by atoms with van der Waals surface area (Å²) in [4.78, 5) is 14.9. The van der Waals surface area contributed by atoms with E-state index in [1.165, 1.54) is 0 Å². The van der Waals surface area contributed by atoms with Crippen LogP contribution in [0.25, 0.3) is 16.9 Å². The third kappa shape index (κ3) is 4.39. The van der Waals surface area contributed by atoms with E-state index in [2.05, 4.69) is 39.4 Å². The standard InChI is InChI=1S/C24H26N6O2/c1-4-29(5-2)19-10-6-18(7-11-19)24(31)25-16-23-27-26-22-15-14-21(28-30(22)23)17-8-12-20(32-3)13-9-17/h6-15H,4-5,16H2,1-3H3,(H,25,31). The number of aromatic nitrogens is 4. The molecule has 2 aromatic carbocycles. The molecule has 0 atom stereocenters. The lowest BCUT2D eigenvalue weighted by atomic mass is 10.1. The van der Waals surface area contributed by atoms with E-state index >= 15 is 0 Å². The average molecular weight is 431 g/mol. The number of methoxy groups -OCH3 is 1. The summed E-state index contributed by atoms with van der Waals surface area (Å²) in [7, 11) is 1.64. The van der Waals surface area contributed by atoms with E-state index in [0.29, 0.717) is 17.0 Å². The van der Waals surface area contributed by atoms with Crippen molar-refractivity contribution in [3.05, 3.63) is 72.1 Å². The summed E-state index contributed by atoms with van der Waals surface area (Å²) in [5.41, 5.74) is 4.05. The normalized spacial score (nSPS) is 10.8.